The molecule has 0 radical (unpaired) electrons. The molecule has 0 rings (SSSR count). The maximum Gasteiger partial charge on any atom is 0.212 e. The number of primary sulfonamides is 1. The summed E-state index contributed by atoms with van der Waals surface area (Å²) in [6, 6.07) is 0. The Morgan fingerprint density at radius 3 is 2.08 bits per heavy atom. The highest BCUT2D eigenvalue weighted by atomic mass is 32.2. The number of rotatable bonds is 5. The first-order valence-corrected chi connectivity index (χ1v) is 6.04. The summed E-state index contributed by atoms with van der Waals surface area (Å²) in [5.74, 6) is 0.239. The van der Waals surface area contributed by atoms with E-state index in [1.807, 2.05) is 20.8 Å². The third-order valence-corrected chi connectivity index (χ3v) is 3.75. The van der Waals surface area contributed by atoms with Crippen molar-refractivity contribution in [3.05, 3.63) is 12.7 Å². The molecule has 0 saturated carbocycles. The van der Waals surface area contributed by atoms with Gasteiger partial charge >= 0.3 is 0 Å². The molecule has 4 heteroatoms. The molecule has 2 N–H and O–H groups in total. The van der Waals surface area contributed by atoms with Crippen LogP contribution in [0.15, 0.2) is 12.7 Å². The van der Waals surface area contributed by atoms with E-state index in [2.05, 4.69) is 6.58 Å². The molecule has 2 atom stereocenters. The molecule has 0 aliphatic carbocycles. The minimum atomic E-state index is -3.42. The van der Waals surface area contributed by atoms with E-state index in [1.54, 1.807) is 6.08 Å². The average molecular weight is 205 g/mol. The van der Waals surface area contributed by atoms with Crippen LogP contribution in [0.1, 0.15) is 27.2 Å². The Balaban J connectivity index is 4.55. The van der Waals surface area contributed by atoms with E-state index in [0.717, 1.165) is 0 Å². The average Bonchev–Trinajstić information content (AvgIpc) is 1.96. The second-order valence-corrected chi connectivity index (χ2v) is 5.60. The Bertz CT molecular complexity index is 257. The summed E-state index contributed by atoms with van der Waals surface area (Å²) < 4.78 is 22.3. The van der Waals surface area contributed by atoms with Crippen LogP contribution in [0, 0.1) is 11.8 Å². The van der Waals surface area contributed by atoms with Crippen LogP contribution < -0.4 is 5.14 Å². The molecule has 0 unspecified atom stereocenters. The van der Waals surface area contributed by atoms with Gasteiger partial charge in [-0.05, 0) is 18.3 Å². The van der Waals surface area contributed by atoms with Gasteiger partial charge < -0.3 is 0 Å². The molecule has 0 spiro atoms. The number of allylic oxidation sites excluding steroid dienone is 1. The van der Waals surface area contributed by atoms with Crippen LogP contribution in [0.4, 0.5) is 0 Å². The van der Waals surface area contributed by atoms with Crippen LogP contribution in [-0.4, -0.2) is 13.7 Å². The largest absolute Gasteiger partial charge is 0.228 e. The summed E-state index contributed by atoms with van der Waals surface area (Å²) in [5, 5.41) is 4.66. The van der Waals surface area contributed by atoms with Gasteiger partial charge in [-0.15, -0.1) is 6.58 Å². The maximum absolute atomic E-state index is 11.2. The first-order chi connectivity index (χ1) is 5.79. The third-order valence-electron chi connectivity index (χ3n) is 2.17. The minimum absolute atomic E-state index is 0.0531. The number of hydrogen-bond acceptors (Lipinski definition) is 2. The van der Waals surface area contributed by atoms with Crippen LogP contribution in [-0.2, 0) is 10.0 Å². The van der Waals surface area contributed by atoms with Gasteiger partial charge in [-0.2, -0.15) is 0 Å². The van der Waals surface area contributed by atoms with Gasteiger partial charge in [0.15, 0.2) is 0 Å². The van der Waals surface area contributed by atoms with Crippen molar-refractivity contribution in [3.63, 3.8) is 0 Å². The molecule has 0 amide bonds. The molecule has 78 valence electrons. The Hall–Kier alpha value is -0.350. The van der Waals surface area contributed by atoms with Crippen LogP contribution in [0.3, 0.4) is 0 Å². The second-order valence-electron chi connectivity index (χ2n) is 3.82. The van der Waals surface area contributed by atoms with Gasteiger partial charge in [0.05, 0.1) is 5.25 Å². The van der Waals surface area contributed by atoms with Gasteiger partial charge in [0.25, 0.3) is 0 Å². The van der Waals surface area contributed by atoms with Crippen LogP contribution in [0.2, 0.25) is 0 Å². The molecular formula is C9H19NO2S. The lowest BCUT2D eigenvalue weighted by Crippen LogP contribution is -2.34. The van der Waals surface area contributed by atoms with E-state index in [4.69, 9.17) is 5.14 Å². The van der Waals surface area contributed by atoms with Crippen molar-refractivity contribution in [1.82, 2.24) is 0 Å². The van der Waals surface area contributed by atoms with Gasteiger partial charge in [-0.3, -0.25) is 0 Å². The SMILES string of the molecule is C=C[C@@H](C)C[C@H](C(C)C)S(N)(=O)=O. The smallest absolute Gasteiger partial charge is 0.212 e. The summed E-state index contributed by atoms with van der Waals surface area (Å²) in [6.07, 6.45) is 2.31. The van der Waals surface area contributed by atoms with E-state index in [-0.39, 0.29) is 11.8 Å². The highest BCUT2D eigenvalue weighted by Gasteiger charge is 2.25. The first kappa shape index (κ1) is 12.7. The first-order valence-electron chi connectivity index (χ1n) is 4.43. The maximum atomic E-state index is 11.2. The number of sulfonamides is 1. The quantitative estimate of drug-likeness (QED) is 0.692. The van der Waals surface area contributed by atoms with Crippen molar-refractivity contribution in [2.75, 3.05) is 0 Å². The zero-order valence-corrected chi connectivity index (χ0v) is 9.34. The predicted molar refractivity (Wildman–Crippen MR) is 55.7 cm³/mol. The highest BCUT2D eigenvalue weighted by molar-refractivity contribution is 7.89. The molecule has 0 aromatic heterocycles. The molecule has 0 bridgehead atoms. The number of nitrogens with two attached hydrogens (primary N) is 1. The third kappa shape index (κ3) is 4.43. The summed E-state index contributed by atoms with van der Waals surface area (Å²) in [4.78, 5) is 0. The summed E-state index contributed by atoms with van der Waals surface area (Å²) in [6.45, 7) is 9.29. The van der Waals surface area contributed by atoms with Crippen LogP contribution >= 0.6 is 0 Å². The lowest BCUT2D eigenvalue weighted by Gasteiger charge is -2.20. The number of hydrogen-bond donors (Lipinski definition) is 1. The standard InChI is InChI=1S/C9H19NO2S/c1-5-8(4)6-9(7(2)3)13(10,11)12/h5,7-9H,1,6H2,2-4H3,(H2,10,11,12)/t8-,9-/m1/s1. The summed E-state index contributed by atoms with van der Waals surface area (Å²) in [7, 11) is -3.42. The topological polar surface area (TPSA) is 60.2 Å². The molecule has 0 aliphatic heterocycles. The van der Waals surface area contributed by atoms with E-state index in [0.29, 0.717) is 6.42 Å². The van der Waals surface area contributed by atoms with Crippen molar-refractivity contribution < 1.29 is 8.42 Å². The van der Waals surface area contributed by atoms with E-state index >= 15 is 0 Å². The van der Waals surface area contributed by atoms with Gasteiger partial charge in [-0.25, -0.2) is 13.6 Å². The Morgan fingerprint density at radius 1 is 1.38 bits per heavy atom. The van der Waals surface area contributed by atoms with Crippen LogP contribution in [0.5, 0.6) is 0 Å². The van der Waals surface area contributed by atoms with E-state index in [9.17, 15) is 8.42 Å². The molecule has 0 aromatic rings. The molecule has 13 heavy (non-hydrogen) atoms. The zero-order valence-electron chi connectivity index (χ0n) is 8.53. The zero-order chi connectivity index (χ0) is 10.6. The molecule has 0 saturated heterocycles. The van der Waals surface area contributed by atoms with Crippen molar-refractivity contribution in [2.24, 2.45) is 17.0 Å². The molecule has 0 aromatic carbocycles. The van der Waals surface area contributed by atoms with Gasteiger partial charge in [-0.1, -0.05) is 26.8 Å². The molecule has 3 nitrogen and oxygen atoms in total. The predicted octanol–water partition coefficient (Wildman–Crippen LogP) is 1.51. The van der Waals surface area contributed by atoms with Crippen molar-refractivity contribution in [1.29, 1.82) is 0 Å². The lowest BCUT2D eigenvalue weighted by molar-refractivity contribution is 0.479. The Kier molecular flexibility index (Phi) is 4.64. The fraction of sp³-hybridized carbons (Fsp3) is 0.778. The Morgan fingerprint density at radius 2 is 1.85 bits per heavy atom. The molecular weight excluding hydrogens is 186 g/mol. The van der Waals surface area contributed by atoms with Gasteiger partial charge in [0.1, 0.15) is 0 Å². The minimum Gasteiger partial charge on any atom is -0.228 e. The van der Waals surface area contributed by atoms with Crippen molar-refractivity contribution >= 4 is 10.0 Å². The van der Waals surface area contributed by atoms with Gasteiger partial charge in [0.2, 0.25) is 10.0 Å². The van der Waals surface area contributed by atoms with Crippen molar-refractivity contribution in [3.8, 4) is 0 Å². The van der Waals surface area contributed by atoms with Crippen molar-refractivity contribution in [2.45, 2.75) is 32.4 Å². The normalized spacial score (nSPS) is 17.0. The Labute approximate surface area is 81.1 Å². The van der Waals surface area contributed by atoms with Crippen LogP contribution in [0.25, 0.3) is 0 Å². The molecule has 0 heterocycles. The summed E-state index contributed by atoms with van der Waals surface area (Å²) >= 11 is 0. The fourth-order valence-corrected chi connectivity index (χ4v) is 2.58. The van der Waals surface area contributed by atoms with Gasteiger partial charge in [0, 0.05) is 0 Å². The lowest BCUT2D eigenvalue weighted by atomic mass is 9.99. The second kappa shape index (κ2) is 4.77. The highest BCUT2D eigenvalue weighted by Crippen LogP contribution is 2.19. The fourth-order valence-electron chi connectivity index (χ4n) is 1.25. The summed E-state index contributed by atoms with van der Waals surface area (Å²) in [5.41, 5.74) is 0. The molecule has 0 fully saturated rings. The van der Waals surface area contributed by atoms with E-state index < -0.39 is 15.3 Å². The van der Waals surface area contributed by atoms with E-state index in [1.165, 1.54) is 0 Å². The monoisotopic (exact) mass is 205 g/mol. The molecule has 0 aliphatic rings.